The first kappa shape index (κ1) is 16.0. The molecule has 0 spiro atoms. The smallest absolute Gasteiger partial charge is 0.256 e. The Morgan fingerprint density at radius 2 is 2.30 bits per heavy atom. The summed E-state index contributed by atoms with van der Waals surface area (Å²) in [4.78, 5) is 16.8. The molecular weight excluding hydrogens is 310 g/mol. The summed E-state index contributed by atoms with van der Waals surface area (Å²) >= 11 is 1.32. The Kier molecular flexibility index (Phi) is 4.93. The maximum Gasteiger partial charge on any atom is 0.256 e. The Labute approximate surface area is 140 Å². The van der Waals surface area contributed by atoms with Crippen LogP contribution < -0.4 is 4.74 Å². The van der Waals surface area contributed by atoms with E-state index in [-0.39, 0.29) is 11.9 Å². The van der Waals surface area contributed by atoms with Gasteiger partial charge in [-0.25, -0.2) is 4.37 Å². The first-order valence-corrected chi connectivity index (χ1v) is 8.56. The monoisotopic (exact) mass is 331 g/mol. The van der Waals surface area contributed by atoms with E-state index < -0.39 is 0 Å². The van der Waals surface area contributed by atoms with Gasteiger partial charge in [0.05, 0.1) is 18.9 Å². The third-order valence-electron chi connectivity index (χ3n) is 4.19. The lowest BCUT2D eigenvalue weighted by atomic mass is 10.1. The minimum atomic E-state index is 0.0901. The largest absolute Gasteiger partial charge is 0.497 e. The van der Waals surface area contributed by atoms with Crippen LogP contribution in [0.4, 0.5) is 0 Å². The van der Waals surface area contributed by atoms with Crippen LogP contribution in [0.2, 0.25) is 0 Å². The van der Waals surface area contributed by atoms with Gasteiger partial charge < -0.3 is 9.64 Å². The van der Waals surface area contributed by atoms with Crippen LogP contribution in [-0.2, 0) is 6.54 Å². The van der Waals surface area contributed by atoms with Crippen molar-refractivity contribution in [3.05, 3.63) is 47.0 Å². The lowest BCUT2D eigenvalue weighted by Gasteiger charge is -2.39. The van der Waals surface area contributed by atoms with E-state index in [1.807, 2.05) is 22.4 Å². The summed E-state index contributed by atoms with van der Waals surface area (Å²) in [5.74, 6) is 0.974. The number of carbonyl (C=O) groups excluding carboxylic acids is 1. The van der Waals surface area contributed by atoms with E-state index in [0.29, 0.717) is 5.56 Å². The molecule has 1 saturated heterocycles. The maximum absolute atomic E-state index is 12.5. The van der Waals surface area contributed by atoms with Crippen molar-refractivity contribution in [3.8, 4) is 5.75 Å². The van der Waals surface area contributed by atoms with Gasteiger partial charge in [0.2, 0.25) is 0 Å². The van der Waals surface area contributed by atoms with Crippen molar-refractivity contribution in [1.29, 1.82) is 0 Å². The number of rotatable bonds is 4. The molecule has 1 aliphatic rings. The highest BCUT2D eigenvalue weighted by Crippen LogP contribution is 2.18. The van der Waals surface area contributed by atoms with Crippen LogP contribution in [0.25, 0.3) is 0 Å². The van der Waals surface area contributed by atoms with Crippen LogP contribution in [0.15, 0.2) is 35.8 Å². The highest BCUT2D eigenvalue weighted by molar-refractivity contribution is 7.03. The van der Waals surface area contributed by atoms with E-state index in [0.717, 1.165) is 31.9 Å². The number of hydrogen-bond donors (Lipinski definition) is 0. The zero-order chi connectivity index (χ0) is 16.2. The molecule has 1 aromatic carbocycles. The second kappa shape index (κ2) is 7.10. The van der Waals surface area contributed by atoms with Gasteiger partial charge in [0.25, 0.3) is 5.91 Å². The Hall–Kier alpha value is -1.92. The molecule has 1 atom stereocenters. The third kappa shape index (κ3) is 3.71. The summed E-state index contributed by atoms with van der Waals surface area (Å²) in [6.45, 7) is 5.49. The molecule has 1 fully saturated rings. The second-order valence-corrected chi connectivity index (χ2v) is 6.50. The molecule has 1 amide bonds. The lowest BCUT2D eigenvalue weighted by molar-refractivity contribution is 0.0476. The van der Waals surface area contributed by atoms with Crippen LogP contribution in [0.1, 0.15) is 22.8 Å². The van der Waals surface area contributed by atoms with Gasteiger partial charge >= 0.3 is 0 Å². The predicted octanol–water partition coefficient (Wildman–Crippen LogP) is 2.50. The Bertz CT molecular complexity index is 660. The zero-order valence-corrected chi connectivity index (χ0v) is 14.3. The number of carbonyl (C=O) groups is 1. The molecule has 1 aromatic heterocycles. The molecule has 3 rings (SSSR count). The molecule has 5 nitrogen and oxygen atoms in total. The summed E-state index contributed by atoms with van der Waals surface area (Å²) in [6.07, 6.45) is 1.66. The quantitative estimate of drug-likeness (QED) is 0.863. The van der Waals surface area contributed by atoms with Gasteiger partial charge in [0.15, 0.2) is 0 Å². The van der Waals surface area contributed by atoms with Gasteiger partial charge in [0, 0.05) is 37.6 Å². The van der Waals surface area contributed by atoms with Crippen molar-refractivity contribution in [1.82, 2.24) is 14.2 Å². The van der Waals surface area contributed by atoms with Gasteiger partial charge in [-0.05, 0) is 36.2 Å². The number of piperazine rings is 1. The minimum Gasteiger partial charge on any atom is -0.497 e. The molecule has 23 heavy (non-hydrogen) atoms. The lowest BCUT2D eigenvalue weighted by Crippen LogP contribution is -2.53. The van der Waals surface area contributed by atoms with E-state index in [9.17, 15) is 4.79 Å². The Balaban J connectivity index is 1.61. The molecule has 1 aliphatic heterocycles. The molecule has 0 unspecified atom stereocenters. The number of benzene rings is 1. The second-order valence-electron chi connectivity index (χ2n) is 5.85. The molecule has 0 saturated carbocycles. The van der Waals surface area contributed by atoms with Crippen molar-refractivity contribution < 1.29 is 9.53 Å². The van der Waals surface area contributed by atoms with Crippen LogP contribution in [0.5, 0.6) is 5.75 Å². The Morgan fingerprint density at radius 3 is 3.00 bits per heavy atom. The fourth-order valence-electron chi connectivity index (χ4n) is 2.98. The van der Waals surface area contributed by atoms with Crippen LogP contribution in [-0.4, -0.2) is 52.9 Å². The summed E-state index contributed by atoms with van der Waals surface area (Å²) in [7, 11) is 1.69. The average molecular weight is 331 g/mol. The van der Waals surface area contributed by atoms with E-state index in [1.165, 1.54) is 17.1 Å². The van der Waals surface area contributed by atoms with E-state index in [2.05, 4.69) is 28.3 Å². The highest BCUT2D eigenvalue weighted by Gasteiger charge is 2.28. The summed E-state index contributed by atoms with van der Waals surface area (Å²) < 4.78 is 9.30. The molecular formula is C17H21N3O2S. The number of ether oxygens (including phenoxy) is 1. The van der Waals surface area contributed by atoms with Gasteiger partial charge in [-0.15, -0.1) is 0 Å². The van der Waals surface area contributed by atoms with Gasteiger partial charge in [-0.3, -0.25) is 9.69 Å². The normalized spacial score (nSPS) is 18.9. The molecule has 0 radical (unpaired) electrons. The molecule has 0 aliphatic carbocycles. The SMILES string of the molecule is COc1cccc(CN2CCN(C(=O)c3cnsc3)[C@@H](C)C2)c1. The minimum absolute atomic E-state index is 0.0901. The first-order valence-electron chi connectivity index (χ1n) is 7.73. The van der Waals surface area contributed by atoms with Crippen LogP contribution in [0, 0.1) is 0 Å². The fraction of sp³-hybridized carbons (Fsp3) is 0.412. The number of nitrogens with zero attached hydrogens (tertiary/aromatic N) is 3. The van der Waals surface area contributed by atoms with Crippen LogP contribution >= 0.6 is 11.5 Å². The maximum atomic E-state index is 12.5. The Morgan fingerprint density at radius 1 is 1.43 bits per heavy atom. The number of amides is 1. The van der Waals surface area contributed by atoms with Crippen molar-refractivity contribution in [2.45, 2.75) is 19.5 Å². The summed E-state index contributed by atoms with van der Waals surface area (Å²) in [5, 5.41) is 1.82. The topological polar surface area (TPSA) is 45.7 Å². The van der Waals surface area contributed by atoms with Gasteiger partial charge in [0.1, 0.15) is 5.75 Å². The van der Waals surface area contributed by atoms with Crippen molar-refractivity contribution in [2.24, 2.45) is 0 Å². The van der Waals surface area contributed by atoms with Gasteiger partial charge in [-0.1, -0.05) is 12.1 Å². The van der Waals surface area contributed by atoms with E-state index in [1.54, 1.807) is 13.3 Å². The van der Waals surface area contributed by atoms with E-state index in [4.69, 9.17) is 4.74 Å². The summed E-state index contributed by atoms with van der Waals surface area (Å²) in [6, 6.07) is 8.35. The van der Waals surface area contributed by atoms with E-state index >= 15 is 0 Å². The predicted molar refractivity (Wildman–Crippen MR) is 90.9 cm³/mol. The van der Waals surface area contributed by atoms with Crippen molar-refractivity contribution >= 4 is 17.4 Å². The molecule has 2 aromatic rings. The first-order chi connectivity index (χ1) is 11.2. The number of hydrogen-bond acceptors (Lipinski definition) is 5. The molecule has 0 bridgehead atoms. The van der Waals surface area contributed by atoms with Crippen LogP contribution in [0.3, 0.4) is 0 Å². The molecule has 122 valence electrons. The average Bonchev–Trinajstić information content (AvgIpc) is 3.09. The van der Waals surface area contributed by atoms with Gasteiger partial charge in [-0.2, -0.15) is 0 Å². The van der Waals surface area contributed by atoms with Crippen molar-refractivity contribution in [2.75, 3.05) is 26.7 Å². The standard InChI is InChI=1S/C17H21N3O2S/c1-13-10-19(11-14-4-3-5-16(8-14)22-2)6-7-20(13)17(21)15-9-18-23-12-15/h3-5,8-9,12-13H,6-7,10-11H2,1-2H3/t13-/m0/s1. The van der Waals surface area contributed by atoms with Crippen molar-refractivity contribution in [3.63, 3.8) is 0 Å². The number of aromatic nitrogens is 1. The molecule has 0 N–H and O–H groups in total. The fourth-order valence-corrected chi connectivity index (χ4v) is 3.49. The molecule has 6 heteroatoms. The third-order valence-corrected chi connectivity index (χ3v) is 4.78. The highest BCUT2D eigenvalue weighted by atomic mass is 32.1. The number of methoxy groups -OCH3 is 1. The molecule has 2 heterocycles. The summed E-state index contributed by atoms with van der Waals surface area (Å²) in [5.41, 5.74) is 1.93. The zero-order valence-electron chi connectivity index (χ0n) is 13.4.